The third-order valence-electron chi connectivity index (χ3n) is 9.42. The summed E-state index contributed by atoms with van der Waals surface area (Å²) in [5.41, 5.74) is 4.36. The van der Waals surface area contributed by atoms with Crippen molar-refractivity contribution in [3.63, 3.8) is 0 Å². The molecular formula is C37H41Cl2F3N8O3. The summed E-state index contributed by atoms with van der Waals surface area (Å²) in [5.74, 6) is 0.912. The second kappa shape index (κ2) is 17.2. The number of alkyl halides is 3. The average Bonchev–Trinajstić information content (AvgIpc) is 3.75. The fourth-order valence-electron chi connectivity index (χ4n) is 6.73. The number of anilines is 1. The van der Waals surface area contributed by atoms with E-state index in [2.05, 4.69) is 25.2 Å². The Kier molecular flexibility index (Phi) is 12.4. The largest absolute Gasteiger partial charge is 0.496 e. The zero-order valence-corrected chi connectivity index (χ0v) is 31.0. The standard InChI is InChI=1S/C37H41Cl2F3N8O3/c1-47(35(51)28-20-26(9-11-34(28)52-2)32-22-43-46-45-32)23-27(25-8-10-29(38)30(39)21-25)12-15-48-13-5-14-49(17-16-48)36-44-31-6-3-4-7-33(31)50(36)18-19-53-24-37(40,41)42/h3-4,6-11,20-22,27H,5,12-19,23-24H2,1-2H3,(H,43,45,46). The molecule has 1 saturated heterocycles. The highest BCUT2D eigenvalue weighted by atomic mass is 35.5. The summed E-state index contributed by atoms with van der Waals surface area (Å²) in [7, 11) is 3.31. The van der Waals surface area contributed by atoms with Crippen LogP contribution in [0.2, 0.25) is 10.0 Å². The van der Waals surface area contributed by atoms with Crippen LogP contribution in [-0.2, 0) is 11.3 Å². The molecular weight excluding hydrogens is 732 g/mol. The van der Waals surface area contributed by atoms with E-state index in [-0.39, 0.29) is 25.0 Å². The van der Waals surface area contributed by atoms with Crippen LogP contribution in [-0.4, -0.2) is 113 Å². The van der Waals surface area contributed by atoms with Crippen molar-refractivity contribution >= 4 is 46.1 Å². The van der Waals surface area contributed by atoms with Crippen LogP contribution in [0.4, 0.5) is 19.1 Å². The number of carbonyl (C=O) groups is 1. The number of halogens is 5. The Labute approximate surface area is 315 Å². The van der Waals surface area contributed by atoms with E-state index in [1.165, 1.54) is 7.11 Å². The smallest absolute Gasteiger partial charge is 0.411 e. The van der Waals surface area contributed by atoms with Crippen LogP contribution in [0.1, 0.15) is 34.7 Å². The number of nitrogens with zero attached hydrogens (tertiary/aromatic N) is 7. The quantitative estimate of drug-likeness (QED) is 0.119. The molecule has 1 aliphatic rings. The lowest BCUT2D eigenvalue weighted by molar-refractivity contribution is -0.174. The summed E-state index contributed by atoms with van der Waals surface area (Å²) in [5, 5.41) is 11.5. The fourth-order valence-corrected chi connectivity index (χ4v) is 7.03. The van der Waals surface area contributed by atoms with Crippen molar-refractivity contribution in [2.75, 3.05) is 71.5 Å². The molecule has 1 N–H and O–H groups in total. The molecule has 1 unspecified atom stereocenters. The Morgan fingerprint density at radius 3 is 2.60 bits per heavy atom. The molecule has 1 fully saturated rings. The van der Waals surface area contributed by atoms with E-state index >= 15 is 0 Å². The summed E-state index contributed by atoms with van der Waals surface area (Å²) >= 11 is 12.8. The van der Waals surface area contributed by atoms with Gasteiger partial charge in [0, 0.05) is 51.3 Å². The molecule has 0 aliphatic carbocycles. The zero-order chi connectivity index (χ0) is 37.5. The van der Waals surface area contributed by atoms with E-state index in [4.69, 9.17) is 37.7 Å². The number of carbonyl (C=O) groups excluding carboxylic acids is 1. The monoisotopic (exact) mass is 772 g/mol. The molecule has 0 radical (unpaired) electrons. The first-order chi connectivity index (χ1) is 25.5. The molecule has 0 saturated carbocycles. The number of likely N-dealkylation sites (N-methyl/N-ethyl adjacent to an activating group) is 1. The molecule has 3 heterocycles. The van der Waals surface area contributed by atoms with E-state index in [1.807, 2.05) is 47.0 Å². The van der Waals surface area contributed by atoms with Crippen molar-refractivity contribution in [1.29, 1.82) is 0 Å². The third kappa shape index (κ3) is 9.60. The van der Waals surface area contributed by atoms with Gasteiger partial charge in [-0.3, -0.25) is 4.79 Å². The number of aromatic nitrogens is 5. The van der Waals surface area contributed by atoms with Crippen molar-refractivity contribution in [2.24, 2.45) is 0 Å². The summed E-state index contributed by atoms with van der Waals surface area (Å²) in [4.78, 5) is 25.1. The Balaban J connectivity index is 1.15. The Morgan fingerprint density at radius 2 is 1.85 bits per heavy atom. The summed E-state index contributed by atoms with van der Waals surface area (Å²) in [6.07, 6.45) is -1.18. The lowest BCUT2D eigenvalue weighted by atomic mass is 9.94. The predicted molar refractivity (Wildman–Crippen MR) is 199 cm³/mol. The number of benzene rings is 3. The number of ether oxygens (including phenoxy) is 2. The number of hydrogen-bond donors (Lipinski definition) is 1. The van der Waals surface area contributed by atoms with Gasteiger partial charge in [-0.2, -0.15) is 28.6 Å². The normalized spacial score (nSPS) is 14.7. The van der Waals surface area contributed by atoms with Crippen LogP contribution in [0.3, 0.4) is 0 Å². The number of rotatable bonds is 14. The molecule has 282 valence electrons. The number of methoxy groups -OCH3 is 1. The van der Waals surface area contributed by atoms with E-state index in [0.717, 1.165) is 67.1 Å². The molecule has 16 heteroatoms. The van der Waals surface area contributed by atoms with Crippen LogP contribution in [0.25, 0.3) is 22.3 Å². The van der Waals surface area contributed by atoms with Gasteiger partial charge in [0.2, 0.25) is 5.95 Å². The summed E-state index contributed by atoms with van der Waals surface area (Å²) in [6.45, 7) is 3.08. The maximum atomic E-state index is 13.9. The lowest BCUT2D eigenvalue weighted by Gasteiger charge is -2.28. The van der Waals surface area contributed by atoms with Crippen LogP contribution in [0.15, 0.2) is 66.9 Å². The molecule has 1 amide bonds. The van der Waals surface area contributed by atoms with Crippen molar-refractivity contribution in [2.45, 2.75) is 31.5 Å². The number of para-hydroxylation sites is 2. The molecule has 0 spiro atoms. The number of imidazole rings is 1. The van der Waals surface area contributed by atoms with Gasteiger partial charge in [0.1, 0.15) is 18.1 Å². The van der Waals surface area contributed by atoms with Gasteiger partial charge in [0.25, 0.3) is 5.91 Å². The minimum atomic E-state index is -4.38. The van der Waals surface area contributed by atoms with Crippen LogP contribution in [0, 0.1) is 0 Å². The summed E-state index contributed by atoms with van der Waals surface area (Å²) in [6, 6.07) is 18.6. The van der Waals surface area contributed by atoms with Gasteiger partial charge in [-0.1, -0.05) is 41.4 Å². The number of aromatic amines is 1. The first-order valence-electron chi connectivity index (χ1n) is 17.3. The number of nitrogens with one attached hydrogen (secondary N) is 1. The number of H-pyrrole nitrogens is 1. The highest BCUT2D eigenvalue weighted by Crippen LogP contribution is 2.31. The van der Waals surface area contributed by atoms with Crippen molar-refractivity contribution < 1.29 is 27.4 Å². The van der Waals surface area contributed by atoms with Gasteiger partial charge in [0.15, 0.2) is 0 Å². The molecule has 11 nitrogen and oxygen atoms in total. The second-order valence-corrected chi connectivity index (χ2v) is 13.8. The Morgan fingerprint density at radius 1 is 1.02 bits per heavy atom. The van der Waals surface area contributed by atoms with Gasteiger partial charge in [0.05, 0.1) is 46.6 Å². The minimum absolute atomic E-state index is 0.0660. The van der Waals surface area contributed by atoms with Gasteiger partial charge < -0.3 is 28.7 Å². The van der Waals surface area contributed by atoms with Crippen molar-refractivity contribution in [3.05, 3.63) is 88.0 Å². The van der Waals surface area contributed by atoms with Gasteiger partial charge in [-0.05, 0) is 74.0 Å². The minimum Gasteiger partial charge on any atom is -0.496 e. The molecule has 3 aromatic carbocycles. The molecule has 2 aromatic heterocycles. The molecule has 6 rings (SSSR count). The molecule has 1 atom stereocenters. The Bertz CT molecular complexity index is 1990. The lowest BCUT2D eigenvalue weighted by Crippen LogP contribution is -2.35. The van der Waals surface area contributed by atoms with Crippen LogP contribution in [0.5, 0.6) is 5.75 Å². The van der Waals surface area contributed by atoms with Gasteiger partial charge >= 0.3 is 6.18 Å². The first kappa shape index (κ1) is 38.4. The number of fused-ring (bicyclic) bond motifs is 1. The fraction of sp³-hybridized carbons (Fsp3) is 0.405. The Hall–Kier alpha value is -4.37. The number of hydrogen-bond acceptors (Lipinski definition) is 8. The second-order valence-electron chi connectivity index (χ2n) is 13.0. The van der Waals surface area contributed by atoms with Gasteiger partial charge in [-0.25, -0.2) is 4.98 Å². The first-order valence-corrected chi connectivity index (χ1v) is 18.1. The van der Waals surface area contributed by atoms with Crippen LogP contribution < -0.4 is 9.64 Å². The van der Waals surface area contributed by atoms with Gasteiger partial charge in [-0.15, -0.1) is 0 Å². The highest BCUT2D eigenvalue weighted by Gasteiger charge is 2.28. The third-order valence-corrected chi connectivity index (χ3v) is 10.2. The maximum Gasteiger partial charge on any atom is 0.411 e. The number of amides is 1. The summed E-state index contributed by atoms with van der Waals surface area (Å²) < 4.78 is 50.6. The van der Waals surface area contributed by atoms with E-state index in [1.54, 1.807) is 36.3 Å². The van der Waals surface area contributed by atoms with E-state index < -0.39 is 12.8 Å². The zero-order valence-electron chi connectivity index (χ0n) is 29.5. The van der Waals surface area contributed by atoms with Crippen molar-refractivity contribution in [3.8, 4) is 17.0 Å². The topological polar surface area (TPSA) is 105 Å². The maximum absolute atomic E-state index is 13.9. The molecule has 0 bridgehead atoms. The molecule has 53 heavy (non-hydrogen) atoms. The average molecular weight is 774 g/mol. The molecule has 1 aliphatic heterocycles. The van der Waals surface area contributed by atoms with E-state index in [9.17, 15) is 18.0 Å². The highest BCUT2D eigenvalue weighted by molar-refractivity contribution is 6.42. The predicted octanol–water partition coefficient (Wildman–Crippen LogP) is 7.17. The van der Waals surface area contributed by atoms with Crippen molar-refractivity contribution in [1.82, 2.24) is 34.8 Å². The van der Waals surface area contributed by atoms with E-state index in [0.29, 0.717) is 40.1 Å². The SMILES string of the molecule is COc1ccc(-c2cn[nH]n2)cc1C(=O)N(C)CC(CCN1CCCN(c2nc3ccccc3n2CCOCC(F)(F)F)CC1)c1ccc(Cl)c(Cl)c1. The molecule has 5 aromatic rings. The van der Waals surface area contributed by atoms with Crippen LogP contribution >= 0.6 is 23.2 Å².